The Kier molecular flexibility index (Phi) is 3.31. The molecule has 1 aliphatic rings. The minimum Gasteiger partial charge on any atom is -0.252 e. The molecule has 0 N–H and O–H groups in total. The Morgan fingerprint density at radius 3 is 2.52 bits per heavy atom. The number of benzene rings is 2. The molecule has 0 amide bonds. The molecule has 0 radical (unpaired) electrons. The second-order valence-electron chi connectivity index (χ2n) is 6.04. The number of nitrogens with zero attached hydrogens (tertiary/aromatic N) is 1. The first-order valence-corrected chi connectivity index (χ1v) is 8.18. The fourth-order valence-corrected chi connectivity index (χ4v) is 3.81. The van der Waals surface area contributed by atoms with Crippen LogP contribution in [-0.4, -0.2) is 4.98 Å². The Balaban J connectivity index is 2.03. The van der Waals surface area contributed by atoms with E-state index in [1.165, 1.54) is 54.0 Å². The number of pyridine rings is 1. The molecule has 1 aromatic heterocycles. The number of fused-ring (bicyclic) bond motifs is 3. The minimum atomic E-state index is 0.587. The summed E-state index contributed by atoms with van der Waals surface area (Å²) in [6.45, 7) is 0. The van der Waals surface area contributed by atoms with Gasteiger partial charge in [0.05, 0.1) is 11.2 Å². The van der Waals surface area contributed by atoms with Crippen molar-refractivity contribution >= 4 is 33.3 Å². The standard InChI is InChI=1S/C19H18ClN/c20-14-10-11-15-16-8-4-5-9-18(16)21-19(17(15)12-14)13-6-2-1-3-7-13/h4-5,8-13H,1-3,6-7H2. The summed E-state index contributed by atoms with van der Waals surface area (Å²) in [6, 6.07) is 14.7. The zero-order chi connectivity index (χ0) is 14.2. The summed E-state index contributed by atoms with van der Waals surface area (Å²) in [5.74, 6) is 0.587. The normalized spacial score (nSPS) is 16.6. The van der Waals surface area contributed by atoms with Gasteiger partial charge >= 0.3 is 0 Å². The lowest BCUT2D eigenvalue weighted by Gasteiger charge is -2.23. The van der Waals surface area contributed by atoms with E-state index < -0.39 is 0 Å². The monoisotopic (exact) mass is 295 g/mol. The Hall–Kier alpha value is -1.60. The molecule has 0 unspecified atom stereocenters. The highest BCUT2D eigenvalue weighted by Gasteiger charge is 2.20. The van der Waals surface area contributed by atoms with E-state index in [0.29, 0.717) is 5.92 Å². The topological polar surface area (TPSA) is 12.9 Å². The fraction of sp³-hybridized carbons (Fsp3) is 0.316. The number of halogens is 1. The van der Waals surface area contributed by atoms with Gasteiger partial charge in [-0.1, -0.05) is 55.1 Å². The molecule has 1 saturated carbocycles. The molecule has 0 atom stereocenters. The second kappa shape index (κ2) is 5.31. The molecule has 1 heterocycles. The van der Waals surface area contributed by atoms with E-state index in [2.05, 4.69) is 36.4 Å². The van der Waals surface area contributed by atoms with Crippen molar-refractivity contribution in [3.8, 4) is 0 Å². The maximum atomic E-state index is 6.25. The van der Waals surface area contributed by atoms with E-state index in [0.717, 1.165) is 10.5 Å². The molecule has 0 aliphatic heterocycles. The molecule has 1 fully saturated rings. The van der Waals surface area contributed by atoms with Gasteiger partial charge in [-0.25, -0.2) is 0 Å². The highest BCUT2D eigenvalue weighted by molar-refractivity contribution is 6.31. The van der Waals surface area contributed by atoms with E-state index in [1.54, 1.807) is 0 Å². The Morgan fingerprint density at radius 1 is 0.857 bits per heavy atom. The average Bonchev–Trinajstić information content (AvgIpc) is 2.54. The Labute approximate surface area is 130 Å². The number of aromatic nitrogens is 1. The lowest BCUT2D eigenvalue weighted by atomic mass is 9.84. The summed E-state index contributed by atoms with van der Waals surface area (Å²) in [4.78, 5) is 5.01. The number of para-hydroxylation sites is 1. The van der Waals surface area contributed by atoms with Crippen molar-refractivity contribution in [1.82, 2.24) is 4.98 Å². The van der Waals surface area contributed by atoms with Crippen molar-refractivity contribution in [2.45, 2.75) is 38.0 Å². The van der Waals surface area contributed by atoms with Crippen LogP contribution in [0.1, 0.15) is 43.7 Å². The molecular weight excluding hydrogens is 278 g/mol. The maximum absolute atomic E-state index is 6.25. The lowest BCUT2D eigenvalue weighted by molar-refractivity contribution is 0.439. The summed E-state index contributed by atoms with van der Waals surface area (Å²) in [6.07, 6.45) is 6.52. The molecule has 3 aromatic rings. The van der Waals surface area contributed by atoms with Crippen molar-refractivity contribution in [2.24, 2.45) is 0 Å². The van der Waals surface area contributed by atoms with Crippen LogP contribution < -0.4 is 0 Å². The summed E-state index contributed by atoms with van der Waals surface area (Å²) in [5, 5.41) is 4.55. The lowest BCUT2D eigenvalue weighted by Crippen LogP contribution is -2.07. The Bertz CT molecular complexity index is 803. The SMILES string of the molecule is Clc1ccc2c(c1)c(C1CCCCC1)nc1ccccc12. The molecule has 0 spiro atoms. The van der Waals surface area contributed by atoms with Gasteiger partial charge in [-0.05, 0) is 36.4 Å². The quantitative estimate of drug-likeness (QED) is 0.495. The zero-order valence-corrected chi connectivity index (χ0v) is 12.7. The molecule has 106 valence electrons. The van der Waals surface area contributed by atoms with Gasteiger partial charge in [0.1, 0.15) is 0 Å². The van der Waals surface area contributed by atoms with Crippen LogP contribution in [0, 0.1) is 0 Å². The van der Waals surface area contributed by atoms with Crippen molar-refractivity contribution in [2.75, 3.05) is 0 Å². The smallest absolute Gasteiger partial charge is 0.0711 e. The van der Waals surface area contributed by atoms with Crippen LogP contribution in [0.15, 0.2) is 42.5 Å². The number of hydrogen-bond donors (Lipinski definition) is 0. The van der Waals surface area contributed by atoms with Gasteiger partial charge in [0, 0.05) is 21.7 Å². The van der Waals surface area contributed by atoms with Crippen LogP contribution in [0.2, 0.25) is 5.02 Å². The van der Waals surface area contributed by atoms with Gasteiger partial charge in [0.2, 0.25) is 0 Å². The van der Waals surface area contributed by atoms with Crippen molar-refractivity contribution < 1.29 is 0 Å². The van der Waals surface area contributed by atoms with Crippen LogP contribution in [0.25, 0.3) is 21.7 Å². The molecule has 0 saturated heterocycles. The minimum absolute atomic E-state index is 0.587. The molecular formula is C19H18ClN. The van der Waals surface area contributed by atoms with Crippen LogP contribution in [-0.2, 0) is 0 Å². The summed E-state index contributed by atoms with van der Waals surface area (Å²) in [7, 11) is 0. The summed E-state index contributed by atoms with van der Waals surface area (Å²) in [5.41, 5.74) is 2.36. The summed E-state index contributed by atoms with van der Waals surface area (Å²) >= 11 is 6.25. The molecule has 2 heteroatoms. The molecule has 0 bridgehead atoms. The van der Waals surface area contributed by atoms with E-state index in [1.807, 2.05) is 6.07 Å². The number of hydrogen-bond acceptors (Lipinski definition) is 1. The van der Waals surface area contributed by atoms with Crippen molar-refractivity contribution in [3.63, 3.8) is 0 Å². The molecule has 2 aromatic carbocycles. The predicted molar refractivity (Wildman–Crippen MR) is 90.1 cm³/mol. The van der Waals surface area contributed by atoms with Crippen LogP contribution in [0.4, 0.5) is 0 Å². The highest BCUT2D eigenvalue weighted by Crippen LogP contribution is 2.38. The van der Waals surface area contributed by atoms with Crippen LogP contribution >= 0.6 is 11.6 Å². The van der Waals surface area contributed by atoms with E-state index in [4.69, 9.17) is 16.6 Å². The fourth-order valence-electron chi connectivity index (χ4n) is 3.64. The first-order valence-electron chi connectivity index (χ1n) is 7.81. The van der Waals surface area contributed by atoms with Crippen molar-refractivity contribution in [3.05, 3.63) is 53.2 Å². The molecule has 21 heavy (non-hydrogen) atoms. The first kappa shape index (κ1) is 13.1. The van der Waals surface area contributed by atoms with Gasteiger partial charge in [-0.3, -0.25) is 4.98 Å². The van der Waals surface area contributed by atoms with Gasteiger partial charge in [0.25, 0.3) is 0 Å². The third-order valence-electron chi connectivity index (χ3n) is 4.68. The molecule has 1 nitrogen and oxygen atoms in total. The van der Waals surface area contributed by atoms with E-state index in [-0.39, 0.29) is 0 Å². The average molecular weight is 296 g/mol. The first-order chi connectivity index (χ1) is 10.3. The van der Waals surface area contributed by atoms with Gasteiger partial charge < -0.3 is 0 Å². The third-order valence-corrected chi connectivity index (χ3v) is 4.92. The highest BCUT2D eigenvalue weighted by atomic mass is 35.5. The maximum Gasteiger partial charge on any atom is 0.0711 e. The van der Waals surface area contributed by atoms with Gasteiger partial charge in [-0.2, -0.15) is 0 Å². The van der Waals surface area contributed by atoms with Crippen molar-refractivity contribution in [1.29, 1.82) is 0 Å². The van der Waals surface area contributed by atoms with E-state index >= 15 is 0 Å². The second-order valence-corrected chi connectivity index (χ2v) is 6.48. The van der Waals surface area contributed by atoms with Gasteiger partial charge in [0.15, 0.2) is 0 Å². The van der Waals surface area contributed by atoms with Crippen LogP contribution in [0.3, 0.4) is 0 Å². The largest absolute Gasteiger partial charge is 0.252 e. The third kappa shape index (κ3) is 2.30. The molecule has 4 rings (SSSR count). The molecule has 1 aliphatic carbocycles. The zero-order valence-electron chi connectivity index (χ0n) is 12.0. The number of rotatable bonds is 1. The Morgan fingerprint density at radius 2 is 1.67 bits per heavy atom. The summed E-state index contributed by atoms with van der Waals surface area (Å²) < 4.78 is 0. The van der Waals surface area contributed by atoms with Crippen LogP contribution in [0.5, 0.6) is 0 Å². The predicted octanol–water partition coefficient (Wildman–Crippen LogP) is 6.09. The van der Waals surface area contributed by atoms with E-state index in [9.17, 15) is 0 Å². The van der Waals surface area contributed by atoms with Gasteiger partial charge in [-0.15, -0.1) is 0 Å².